The molecule has 4 nitrogen and oxygen atoms in total. The zero-order valence-corrected chi connectivity index (χ0v) is 14.9. The van der Waals surface area contributed by atoms with Crippen LogP contribution < -0.4 is 0 Å². The van der Waals surface area contributed by atoms with Gasteiger partial charge in [-0.15, -0.1) is 0 Å². The van der Waals surface area contributed by atoms with E-state index in [4.69, 9.17) is 0 Å². The molecule has 0 bridgehead atoms. The van der Waals surface area contributed by atoms with Crippen LogP contribution in [0.4, 0.5) is 0 Å². The van der Waals surface area contributed by atoms with Crippen molar-refractivity contribution in [1.29, 1.82) is 0 Å². The summed E-state index contributed by atoms with van der Waals surface area (Å²) in [7, 11) is 0. The molecule has 5 heteroatoms. The van der Waals surface area contributed by atoms with Gasteiger partial charge >= 0.3 is 5.97 Å². The normalized spacial score (nSPS) is 11.0. The number of rotatable bonds is 4. The van der Waals surface area contributed by atoms with Gasteiger partial charge in [0.15, 0.2) is 0 Å². The maximum absolute atomic E-state index is 11.2. The van der Waals surface area contributed by atoms with Crippen LogP contribution >= 0.6 is 11.8 Å². The highest BCUT2D eigenvalue weighted by atomic mass is 32.2. The van der Waals surface area contributed by atoms with Gasteiger partial charge in [0, 0.05) is 21.7 Å². The van der Waals surface area contributed by atoms with Crippen molar-refractivity contribution in [3.05, 3.63) is 84.2 Å². The number of carbonyl (C=O) groups is 1. The number of benzene rings is 2. The van der Waals surface area contributed by atoms with Crippen LogP contribution in [0.15, 0.2) is 82.7 Å². The monoisotopic (exact) mass is 360 g/mol. The van der Waals surface area contributed by atoms with Gasteiger partial charge in [-0.2, -0.15) is 0 Å². The molecule has 0 spiro atoms. The van der Waals surface area contributed by atoms with E-state index in [1.165, 1.54) is 17.8 Å². The second kappa shape index (κ2) is 6.69. The number of aromatic nitrogens is 2. The molecule has 0 aliphatic rings. The summed E-state index contributed by atoms with van der Waals surface area (Å²) in [5.74, 6) is -1.02. The van der Waals surface area contributed by atoms with Gasteiger partial charge in [0.05, 0.1) is 5.52 Å². The first-order chi connectivity index (χ1) is 12.6. The molecule has 2 aromatic heterocycles. The Morgan fingerprint density at radius 1 is 0.962 bits per heavy atom. The first-order valence-electron chi connectivity index (χ1n) is 8.19. The lowest BCUT2D eigenvalue weighted by Gasteiger charge is -2.08. The van der Waals surface area contributed by atoms with Gasteiger partial charge in [-0.25, -0.2) is 9.78 Å². The molecule has 0 unspecified atom stereocenters. The highest BCUT2D eigenvalue weighted by Crippen LogP contribution is 2.38. The second-order valence-corrected chi connectivity index (χ2v) is 6.90. The molecular weight excluding hydrogens is 344 g/mol. The third-order valence-electron chi connectivity index (χ3n) is 4.22. The van der Waals surface area contributed by atoms with Crippen LogP contribution in [-0.2, 0) is 0 Å². The fraction of sp³-hybridized carbons (Fsp3) is 0.0476. The highest BCUT2D eigenvalue weighted by molar-refractivity contribution is 7.99. The zero-order valence-electron chi connectivity index (χ0n) is 14.1. The quantitative estimate of drug-likeness (QED) is 0.544. The summed E-state index contributed by atoms with van der Waals surface area (Å²) in [5.41, 5.74) is 3.37. The molecule has 2 heterocycles. The standard InChI is InChI=1S/C21H16N2O2S/c1-14-20(26-19-13-7-11-17(22-19)21(24)25)16-10-5-6-12-18(16)23(14)15-8-3-2-4-9-15/h2-13H,1H3,(H,24,25). The molecule has 1 N–H and O–H groups in total. The summed E-state index contributed by atoms with van der Waals surface area (Å²) in [6.45, 7) is 2.08. The molecule has 4 aromatic rings. The number of nitrogens with zero attached hydrogens (tertiary/aromatic N) is 2. The van der Waals surface area contributed by atoms with E-state index < -0.39 is 5.97 Å². The lowest BCUT2D eigenvalue weighted by Crippen LogP contribution is -2.00. The number of carboxylic acids is 1. The smallest absolute Gasteiger partial charge is 0.354 e. The molecule has 0 saturated carbocycles. The maximum atomic E-state index is 11.2. The van der Waals surface area contributed by atoms with E-state index in [-0.39, 0.29) is 5.69 Å². The summed E-state index contributed by atoms with van der Waals surface area (Å²) in [6.07, 6.45) is 0. The van der Waals surface area contributed by atoms with Crippen molar-refractivity contribution in [2.24, 2.45) is 0 Å². The van der Waals surface area contributed by atoms with Gasteiger partial charge in [-0.1, -0.05) is 54.2 Å². The van der Waals surface area contributed by atoms with E-state index in [0.717, 1.165) is 27.2 Å². The molecule has 4 rings (SSSR count). The average Bonchev–Trinajstić information content (AvgIpc) is 2.94. The summed E-state index contributed by atoms with van der Waals surface area (Å²) in [6, 6.07) is 23.5. The maximum Gasteiger partial charge on any atom is 0.354 e. The summed E-state index contributed by atoms with van der Waals surface area (Å²) in [5, 5.41) is 11.0. The molecule has 0 aliphatic heterocycles. The van der Waals surface area contributed by atoms with Crippen molar-refractivity contribution >= 4 is 28.6 Å². The van der Waals surface area contributed by atoms with Crippen LogP contribution in [0.5, 0.6) is 0 Å². The van der Waals surface area contributed by atoms with E-state index in [2.05, 4.69) is 40.7 Å². The third-order valence-corrected chi connectivity index (χ3v) is 5.37. The lowest BCUT2D eigenvalue weighted by atomic mass is 10.2. The predicted molar refractivity (Wildman–Crippen MR) is 103 cm³/mol. The largest absolute Gasteiger partial charge is 0.477 e. The number of carboxylic acid groups (broad SMARTS) is 1. The number of hydrogen-bond acceptors (Lipinski definition) is 3. The van der Waals surface area contributed by atoms with E-state index >= 15 is 0 Å². The Morgan fingerprint density at radius 2 is 1.69 bits per heavy atom. The summed E-state index contributed by atoms with van der Waals surface area (Å²) in [4.78, 5) is 16.5. The Hall–Kier alpha value is -3.05. The molecule has 0 saturated heterocycles. The van der Waals surface area contributed by atoms with Crippen molar-refractivity contribution in [3.8, 4) is 5.69 Å². The van der Waals surface area contributed by atoms with Gasteiger partial charge in [-0.3, -0.25) is 0 Å². The highest BCUT2D eigenvalue weighted by Gasteiger charge is 2.17. The van der Waals surface area contributed by atoms with Crippen LogP contribution in [0.25, 0.3) is 16.6 Å². The third kappa shape index (κ3) is 2.86. The van der Waals surface area contributed by atoms with Gasteiger partial charge in [-0.05, 0) is 37.3 Å². The van der Waals surface area contributed by atoms with Crippen LogP contribution in [0.3, 0.4) is 0 Å². The van der Waals surface area contributed by atoms with E-state index in [1.54, 1.807) is 6.07 Å². The first kappa shape index (κ1) is 16.4. The molecule has 0 atom stereocenters. The summed E-state index contributed by atoms with van der Waals surface area (Å²) >= 11 is 1.50. The molecular formula is C21H16N2O2S. The van der Waals surface area contributed by atoms with Crippen LogP contribution in [0, 0.1) is 6.92 Å². The first-order valence-corrected chi connectivity index (χ1v) is 9.00. The number of fused-ring (bicyclic) bond motifs is 1. The van der Waals surface area contributed by atoms with Gasteiger partial charge < -0.3 is 9.67 Å². The Kier molecular flexibility index (Phi) is 4.22. The minimum absolute atomic E-state index is 0.0550. The van der Waals surface area contributed by atoms with Crippen LogP contribution in [-0.4, -0.2) is 20.6 Å². The Balaban J connectivity index is 1.87. The van der Waals surface area contributed by atoms with Crippen molar-refractivity contribution in [3.63, 3.8) is 0 Å². The van der Waals surface area contributed by atoms with Crippen molar-refractivity contribution in [1.82, 2.24) is 9.55 Å². The molecule has 0 aliphatic carbocycles. The second-order valence-electron chi connectivity index (χ2n) is 5.87. The molecule has 0 radical (unpaired) electrons. The molecule has 2 aromatic carbocycles. The van der Waals surface area contributed by atoms with Crippen LogP contribution in [0.1, 0.15) is 16.2 Å². The fourth-order valence-corrected chi connectivity index (χ4v) is 4.09. The number of pyridine rings is 1. The number of hydrogen-bond donors (Lipinski definition) is 1. The SMILES string of the molecule is Cc1c(Sc2cccc(C(=O)O)n2)c2ccccc2n1-c1ccccc1. The number of aromatic carboxylic acids is 1. The van der Waals surface area contributed by atoms with Gasteiger partial charge in [0.2, 0.25) is 0 Å². The Bertz CT molecular complexity index is 1100. The average molecular weight is 360 g/mol. The van der Waals surface area contributed by atoms with Crippen molar-refractivity contribution in [2.75, 3.05) is 0 Å². The predicted octanol–water partition coefficient (Wildman–Crippen LogP) is 5.18. The Labute approximate surface area is 155 Å². The molecule has 0 fully saturated rings. The molecule has 26 heavy (non-hydrogen) atoms. The Morgan fingerprint density at radius 3 is 2.46 bits per heavy atom. The minimum atomic E-state index is -1.02. The van der Waals surface area contributed by atoms with E-state index in [1.807, 2.05) is 36.4 Å². The van der Waals surface area contributed by atoms with Gasteiger partial charge in [0.1, 0.15) is 10.7 Å². The van der Waals surface area contributed by atoms with Gasteiger partial charge in [0.25, 0.3) is 0 Å². The van der Waals surface area contributed by atoms with Crippen molar-refractivity contribution in [2.45, 2.75) is 16.8 Å². The lowest BCUT2D eigenvalue weighted by molar-refractivity contribution is 0.0689. The van der Waals surface area contributed by atoms with E-state index in [0.29, 0.717) is 5.03 Å². The zero-order chi connectivity index (χ0) is 18.1. The molecule has 128 valence electrons. The summed E-state index contributed by atoms with van der Waals surface area (Å²) < 4.78 is 2.22. The minimum Gasteiger partial charge on any atom is -0.477 e. The van der Waals surface area contributed by atoms with Crippen molar-refractivity contribution < 1.29 is 9.90 Å². The van der Waals surface area contributed by atoms with Crippen LogP contribution in [0.2, 0.25) is 0 Å². The topological polar surface area (TPSA) is 55.1 Å². The fourth-order valence-electron chi connectivity index (χ4n) is 3.07. The number of para-hydroxylation sites is 2. The van der Waals surface area contributed by atoms with E-state index in [9.17, 15) is 9.90 Å². The molecule has 0 amide bonds.